The van der Waals surface area contributed by atoms with E-state index in [4.69, 9.17) is 18.0 Å². The summed E-state index contributed by atoms with van der Waals surface area (Å²) in [6.07, 6.45) is 0.480. The van der Waals surface area contributed by atoms with E-state index < -0.39 is 0 Å². The highest BCUT2D eigenvalue weighted by Gasteiger charge is 2.18. The summed E-state index contributed by atoms with van der Waals surface area (Å²) in [6.45, 7) is 1.88. The van der Waals surface area contributed by atoms with Gasteiger partial charge in [0.1, 0.15) is 5.75 Å². The van der Waals surface area contributed by atoms with Crippen LogP contribution in [0.1, 0.15) is 23.7 Å². The molecule has 0 radical (unpaired) electrons. The molecule has 0 saturated carbocycles. The zero-order chi connectivity index (χ0) is 13.9. The molecule has 1 unspecified atom stereocenters. The largest absolute Gasteiger partial charge is 0.507 e. The predicted octanol–water partition coefficient (Wildman–Crippen LogP) is 2.13. The van der Waals surface area contributed by atoms with Crippen LogP contribution in [0.4, 0.5) is 0 Å². The number of amides is 1. The quantitative estimate of drug-likeness (QED) is 0.623. The molecule has 1 rings (SSSR count). The molecule has 0 aliphatic rings. The highest BCUT2D eigenvalue weighted by molar-refractivity contribution is 14.1. The topological polar surface area (TPSA) is 66.6 Å². The molecule has 6 heteroatoms. The average Bonchev–Trinajstić information content (AvgIpc) is 2.30. The van der Waals surface area contributed by atoms with Crippen LogP contribution < -0.4 is 5.73 Å². The van der Waals surface area contributed by atoms with Crippen LogP contribution in [-0.4, -0.2) is 34.0 Å². The molecule has 0 bridgehead atoms. The maximum absolute atomic E-state index is 12.2. The number of nitrogens with two attached hydrogens (primary N) is 1. The van der Waals surface area contributed by atoms with E-state index in [0.29, 0.717) is 20.5 Å². The van der Waals surface area contributed by atoms with Crippen LogP contribution in [0.5, 0.6) is 5.75 Å². The van der Waals surface area contributed by atoms with Crippen LogP contribution in [0, 0.1) is 3.57 Å². The van der Waals surface area contributed by atoms with Gasteiger partial charge >= 0.3 is 0 Å². The van der Waals surface area contributed by atoms with Crippen LogP contribution >= 0.6 is 34.8 Å². The van der Waals surface area contributed by atoms with Gasteiger partial charge < -0.3 is 15.7 Å². The molecule has 0 aliphatic carbocycles. The second-order valence-corrected chi connectivity index (χ2v) is 5.79. The molecule has 0 spiro atoms. The summed E-state index contributed by atoms with van der Waals surface area (Å²) in [7, 11) is 1.69. The first-order valence-corrected chi connectivity index (χ1v) is 6.85. The van der Waals surface area contributed by atoms with Gasteiger partial charge in [0.05, 0.1) is 8.56 Å². The highest BCUT2D eigenvalue weighted by atomic mass is 127. The number of benzene rings is 1. The van der Waals surface area contributed by atoms with Crippen molar-refractivity contribution in [3.05, 3.63) is 27.3 Å². The van der Waals surface area contributed by atoms with Gasteiger partial charge in [0.15, 0.2) is 0 Å². The maximum atomic E-state index is 12.2. The third kappa shape index (κ3) is 3.81. The summed E-state index contributed by atoms with van der Waals surface area (Å²) in [4.78, 5) is 14.1. The molecule has 0 fully saturated rings. The lowest BCUT2D eigenvalue weighted by molar-refractivity contribution is 0.0747. The third-order valence-corrected chi connectivity index (χ3v) is 3.75. The molecule has 0 heterocycles. The van der Waals surface area contributed by atoms with Crippen molar-refractivity contribution in [2.45, 2.75) is 19.4 Å². The van der Waals surface area contributed by atoms with Crippen molar-refractivity contribution in [1.29, 1.82) is 0 Å². The molecule has 1 aromatic rings. The summed E-state index contributed by atoms with van der Waals surface area (Å²) < 4.78 is 0.711. The fraction of sp³-hybridized carbons (Fsp3) is 0.333. The van der Waals surface area contributed by atoms with E-state index in [0.717, 1.165) is 0 Å². The number of hydrogen-bond donors (Lipinski definition) is 2. The summed E-state index contributed by atoms with van der Waals surface area (Å²) >= 11 is 6.83. The fourth-order valence-corrected chi connectivity index (χ4v) is 2.05. The van der Waals surface area contributed by atoms with E-state index in [1.54, 1.807) is 24.1 Å². The van der Waals surface area contributed by atoms with Gasteiger partial charge in [0, 0.05) is 25.1 Å². The minimum Gasteiger partial charge on any atom is -0.507 e. The van der Waals surface area contributed by atoms with E-state index in [2.05, 4.69) is 0 Å². The number of carbonyl (C=O) groups excluding carboxylic acids is 1. The Kier molecular flexibility index (Phi) is 5.33. The van der Waals surface area contributed by atoms with E-state index in [9.17, 15) is 9.90 Å². The van der Waals surface area contributed by atoms with E-state index in [1.165, 1.54) is 6.07 Å². The van der Waals surface area contributed by atoms with Gasteiger partial charge in [0.25, 0.3) is 5.91 Å². The molecule has 98 valence electrons. The highest BCUT2D eigenvalue weighted by Crippen LogP contribution is 2.21. The Balaban J connectivity index is 2.86. The number of thiocarbonyl (C=S) groups is 1. The Morgan fingerprint density at radius 3 is 2.72 bits per heavy atom. The van der Waals surface area contributed by atoms with Gasteiger partial charge in [0.2, 0.25) is 0 Å². The first-order chi connectivity index (χ1) is 8.32. The Morgan fingerprint density at radius 2 is 2.22 bits per heavy atom. The van der Waals surface area contributed by atoms with Crippen LogP contribution in [0.2, 0.25) is 0 Å². The molecule has 1 amide bonds. The van der Waals surface area contributed by atoms with Crippen molar-refractivity contribution in [3.63, 3.8) is 0 Å². The Hall–Kier alpha value is -0.890. The summed E-state index contributed by atoms with van der Waals surface area (Å²) in [5.41, 5.74) is 5.92. The number of phenols is 1. The standard InChI is InChI=1S/C12H15IN2O2S/c1-7(5-11(14)18)15(2)12(17)8-3-4-9(13)10(16)6-8/h3-4,6-7,16H,5H2,1-2H3,(H2,14,18). The first-order valence-electron chi connectivity index (χ1n) is 5.37. The van der Waals surface area contributed by atoms with Gasteiger partial charge in [-0.15, -0.1) is 0 Å². The Labute approximate surface area is 125 Å². The van der Waals surface area contributed by atoms with Crippen LogP contribution in [-0.2, 0) is 0 Å². The van der Waals surface area contributed by atoms with Crippen LogP contribution in [0.3, 0.4) is 0 Å². The zero-order valence-electron chi connectivity index (χ0n) is 10.2. The van der Waals surface area contributed by atoms with Gasteiger partial charge in [-0.3, -0.25) is 4.79 Å². The van der Waals surface area contributed by atoms with Crippen molar-refractivity contribution in [3.8, 4) is 5.75 Å². The van der Waals surface area contributed by atoms with Crippen molar-refractivity contribution in [2.75, 3.05) is 7.05 Å². The van der Waals surface area contributed by atoms with Crippen LogP contribution in [0.25, 0.3) is 0 Å². The van der Waals surface area contributed by atoms with Gasteiger partial charge in [-0.1, -0.05) is 12.2 Å². The summed E-state index contributed by atoms with van der Waals surface area (Å²) in [5.74, 6) is -0.0534. The fourth-order valence-electron chi connectivity index (χ4n) is 1.48. The SMILES string of the molecule is CC(CC(N)=S)N(C)C(=O)c1ccc(I)c(O)c1. The van der Waals surface area contributed by atoms with E-state index in [-0.39, 0.29) is 17.7 Å². The molecule has 0 saturated heterocycles. The summed E-state index contributed by atoms with van der Waals surface area (Å²) in [5, 5.41) is 9.60. The monoisotopic (exact) mass is 378 g/mol. The van der Waals surface area contributed by atoms with Gasteiger partial charge in [-0.2, -0.15) is 0 Å². The molecule has 4 nitrogen and oxygen atoms in total. The number of nitrogens with zero attached hydrogens (tertiary/aromatic N) is 1. The van der Waals surface area contributed by atoms with Gasteiger partial charge in [-0.25, -0.2) is 0 Å². The van der Waals surface area contributed by atoms with E-state index >= 15 is 0 Å². The van der Waals surface area contributed by atoms with Crippen molar-refractivity contribution in [2.24, 2.45) is 5.73 Å². The number of halogens is 1. The normalized spacial score (nSPS) is 11.9. The number of aromatic hydroxyl groups is 1. The first kappa shape index (κ1) is 15.2. The van der Waals surface area contributed by atoms with E-state index in [1.807, 2.05) is 29.5 Å². The minimum absolute atomic E-state index is 0.0728. The lowest BCUT2D eigenvalue weighted by Crippen LogP contribution is -2.37. The van der Waals surface area contributed by atoms with Gasteiger partial charge in [-0.05, 0) is 47.7 Å². The third-order valence-electron chi connectivity index (χ3n) is 2.67. The lowest BCUT2D eigenvalue weighted by atomic mass is 10.1. The van der Waals surface area contributed by atoms with Crippen molar-refractivity contribution < 1.29 is 9.90 Å². The van der Waals surface area contributed by atoms with Crippen molar-refractivity contribution >= 4 is 45.7 Å². The lowest BCUT2D eigenvalue weighted by Gasteiger charge is -2.24. The molecular weight excluding hydrogens is 363 g/mol. The number of carbonyl (C=O) groups is 1. The molecule has 1 aromatic carbocycles. The average molecular weight is 378 g/mol. The number of hydrogen-bond acceptors (Lipinski definition) is 3. The molecule has 18 heavy (non-hydrogen) atoms. The predicted molar refractivity (Wildman–Crippen MR) is 83.8 cm³/mol. The second kappa shape index (κ2) is 6.33. The number of rotatable bonds is 4. The molecular formula is C12H15IN2O2S. The maximum Gasteiger partial charge on any atom is 0.253 e. The van der Waals surface area contributed by atoms with Crippen molar-refractivity contribution in [1.82, 2.24) is 4.90 Å². The zero-order valence-corrected chi connectivity index (χ0v) is 13.2. The summed E-state index contributed by atoms with van der Waals surface area (Å²) in [6, 6.07) is 4.79. The molecule has 0 aliphatic heterocycles. The second-order valence-electron chi connectivity index (χ2n) is 4.10. The molecule has 1 atom stereocenters. The smallest absolute Gasteiger partial charge is 0.253 e. The Bertz CT molecular complexity index is 479. The molecule has 0 aromatic heterocycles. The molecule has 3 N–H and O–H groups in total. The number of phenolic OH excluding ortho intramolecular Hbond substituents is 1. The minimum atomic E-state index is -0.162. The van der Waals surface area contributed by atoms with Crippen LogP contribution in [0.15, 0.2) is 18.2 Å². The Morgan fingerprint density at radius 1 is 1.61 bits per heavy atom.